The van der Waals surface area contributed by atoms with Crippen LogP contribution in [-0.4, -0.2) is 23.9 Å². The molecule has 5 nitrogen and oxygen atoms in total. The van der Waals surface area contributed by atoms with Gasteiger partial charge in [-0.05, 0) is 12.1 Å². The summed E-state index contributed by atoms with van der Waals surface area (Å²) < 4.78 is 40.9. The van der Waals surface area contributed by atoms with Gasteiger partial charge in [0.05, 0.1) is 6.61 Å². The summed E-state index contributed by atoms with van der Waals surface area (Å²) in [6.45, 7) is 0.398. The van der Waals surface area contributed by atoms with E-state index in [0.717, 1.165) is 12.1 Å². The summed E-state index contributed by atoms with van der Waals surface area (Å²) in [5.41, 5.74) is 0. The van der Waals surface area contributed by atoms with Gasteiger partial charge in [-0.1, -0.05) is 5.16 Å². The molecular formula is C12H12F2N2O3. The maximum Gasteiger partial charge on any atom is 0.264 e. The topological polar surface area (TPSA) is 57.4 Å². The van der Waals surface area contributed by atoms with Crippen molar-refractivity contribution in [2.45, 2.75) is 13.0 Å². The molecule has 2 aromatic rings. The summed E-state index contributed by atoms with van der Waals surface area (Å²) in [7, 11) is 1.57. The lowest BCUT2D eigenvalue weighted by atomic mass is 10.3. The van der Waals surface area contributed by atoms with Gasteiger partial charge in [0.25, 0.3) is 5.89 Å². The van der Waals surface area contributed by atoms with Gasteiger partial charge in [-0.2, -0.15) is 4.98 Å². The highest BCUT2D eigenvalue weighted by Gasteiger charge is 2.09. The predicted molar refractivity (Wildman–Crippen MR) is 60.6 cm³/mol. The second-order valence-corrected chi connectivity index (χ2v) is 3.71. The highest BCUT2D eigenvalue weighted by molar-refractivity contribution is 5.24. The van der Waals surface area contributed by atoms with E-state index in [1.807, 2.05) is 0 Å². The standard InChI is InChI=1S/C12H12F2N2O3/c1-17-5-4-11-15-12(19-16-11)7-18-10-3-2-8(13)6-9(10)14/h2-3,6H,4-5,7H2,1H3. The van der Waals surface area contributed by atoms with Crippen LogP contribution in [0.4, 0.5) is 8.78 Å². The fourth-order valence-corrected chi connectivity index (χ4v) is 1.38. The number of rotatable bonds is 6. The summed E-state index contributed by atoms with van der Waals surface area (Å²) >= 11 is 0. The molecule has 0 amide bonds. The zero-order valence-corrected chi connectivity index (χ0v) is 10.2. The minimum absolute atomic E-state index is 0.0713. The molecule has 7 heteroatoms. The Morgan fingerprint density at radius 3 is 2.89 bits per heavy atom. The van der Waals surface area contributed by atoms with Crippen LogP contribution >= 0.6 is 0 Å². The maximum absolute atomic E-state index is 13.3. The summed E-state index contributed by atoms with van der Waals surface area (Å²) in [6, 6.07) is 3.05. The number of methoxy groups -OCH3 is 1. The number of hydrogen-bond acceptors (Lipinski definition) is 5. The van der Waals surface area contributed by atoms with Crippen LogP contribution in [0.15, 0.2) is 22.7 Å². The molecule has 0 bridgehead atoms. The van der Waals surface area contributed by atoms with Gasteiger partial charge < -0.3 is 14.0 Å². The third-order valence-electron chi connectivity index (χ3n) is 2.29. The molecule has 0 saturated heterocycles. The second-order valence-electron chi connectivity index (χ2n) is 3.71. The van der Waals surface area contributed by atoms with Crippen molar-refractivity contribution in [2.75, 3.05) is 13.7 Å². The molecule has 2 rings (SSSR count). The van der Waals surface area contributed by atoms with E-state index in [1.165, 1.54) is 6.07 Å². The number of nitrogens with zero attached hydrogens (tertiary/aromatic N) is 2. The maximum atomic E-state index is 13.3. The van der Waals surface area contributed by atoms with Crippen molar-refractivity contribution in [1.82, 2.24) is 10.1 Å². The molecule has 0 fully saturated rings. The Hall–Kier alpha value is -2.02. The predicted octanol–water partition coefficient (Wildman–Crippen LogP) is 2.12. The quantitative estimate of drug-likeness (QED) is 0.804. The monoisotopic (exact) mass is 270 g/mol. The molecule has 1 heterocycles. The van der Waals surface area contributed by atoms with Crippen molar-refractivity contribution in [3.8, 4) is 5.75 Å². The van der Waals surface area contributed by atoms with Gasteiger partial charge in [-0.15, -0.1) is 0 Å². The van der Waals surface area contributed by atoms with Crippen LogP contribution in [0, 0.1) is 11.6 Å². The van der Waals surface area contributed by atoms with Gasteiger partial charge in [0.2, 0.25) is 0 Å². The lowest BCUT2D eigenvalue weighted by molar-refractivity contribution is 0.199. The normalized spacial score (nSPS) is 10.7. The van der Waals surface area contributed by atoms with Crippen LogP contribution in [0.3, 0.4) is 0 Å². The van der Waals surface area contributed by atoms with Gasteiger partial charge in [-0.3, -0.25) is 0 Å². The van der Waals surface area contributed by atoms with E-state index >= 15 is 0 Å². The van der Waals surface area contributed by atoms with E-state index in [-0.39, 0.29) is 18.2 Å². The first-order valence-corrected chi connectivity index (χ1v) is 5.57. The number of ether oxygens (including phenoxy) is 2. The molecule has 0 radical (unpaired) electrons. The van der Waals surface area contributed by atoms with Crippen LogP contribution in [0.5, 0.6) is 5.75 Å². The number of aromatic nitrogens is 2. The molecule has 0 atom stereocenters. The summed E-state index contributed by atoms with van der Waals surface area (Å²) in [6.07, 6.45) is 0.519. The van der Waals surface area contributed by atoms with Gasteiger partial charge in [0.15, 0.2) is 24.0 Å². The smallest absolute Gasteiger partial charge is 0.264 e. The Balaban J connectivity index is 1.92. The zero-order chi connectivity index (χ0) is 13.7. The van der Waals surface area contributed by atoms with E-state index in [0.29, 0.717) is 18.9 Å². The molecular weight excluding hydrogens is 258 g/mol. The molecule has 0 aliphatic heterocycles. The van der Waals surface area contributed by atoms with Gasteiger partial charge in [0.1, 0.15) is 5.82 Å². The van der Waals surface area contributed by atoms with Gasteiger partial charge in [0, 0.05) is 19.6 Å². The van der Waals surface area contributed by atoms with Crippen molar-refractivity contribution in [2.24, 2.45) is 0 Å². The molecule has 102 valence electrons. The fraction of sp³-hybridized carbons (Fsp3) is 0.333. The first-order valence-electron chi connectivity index (χ1n) is 5.57. The Bertz CT molecular complexity index is 546. The molecule has 0 saturated carbocycles. The van der Waals surface area contributed by atoms with E-state index < -0.39 is 11.6 Å². The largest absolute Gasteiger partial charge is 0.481 e. The van der Waals surface area contributed by atoms with Crippen molar-refractivity contribution in [1.29, 1.82) is 0 Å². The van der Waals surface area contributed by atoms with Crippen LogP contribution in [0.2, 0.25) is 0 Å². The van der Waals surface area contributed by atoms with Gasteiger partial charge in [-0.25, -0.2) is 8.78 Å². The highest BCUT2D eigenvalue weighted by atomic mass is 19.1. The molecule has 0 aliphatic carbocycles. The summed E-state index contributed by atoms with van der Waals surface area (Å²) in [5, 5.41) is 3.70. The first-order chi connectivity index (χ1) is 9.19. The van der Waals surface area contributed by atoms with Crippen LogP contribution in [-0.2, 0) is 17.8 Å². The Labute approximate surface area is 108 Å². The fourth-order valence-electron chi connectivity index (χ4n) is 1.38. The lowest BCUT2D eigenvalue weighted by Crippen LogP contribution is -1.99. The first kappa shape index (κ1) is 13.4. The average molecular weight is 270 g/mol. The summed E-state index contributed by atoms with van der Waals surface area (Å²) in [4.78, 5) is 4.03. The van der Waals surface area contributed by atoms with E-state index in [2.05, 4.69) is 10.1 Å². The molecule has 1 aromatic heterocycles. The molecule has 0 unspecified atom stereocenters. The molecule has 1 aromatic carbocycles. The highest BCUT2D eigenvalue weighted by Crippen LogP contribution is 2.18. The lowest BCUT2D eigenvalue weighted by Gasteiger charge is -2.03. The van der Waals surface area contributed by atoms with E-state index in [1.54, 1.807) is 7.11 Å². The number of halogens is 2. The Kier molecular flexibility index (Phi) is 4.40. The average Bonchev–Trinajstić information content (AvgIpc) is 2.83. The Morgan fingerprint density at radius 1 is 1.32 bits per heavy atom. The molecule has 0 spiro atoms. The Morgan fingerprint density at radius 2 is 2.16 bits per heavy atom. The summed E-state index contributed by atoms with van der Waals surface area (Å²) in [5.74, 6) is -0.809. The van der Waals surface area contributed by atoms with Crippen LogP contribution in [0.1, 0.15) is 11.7 Å². The zero-order valence-electron chi connectivity index (χ0n) is 10.2. The van der Waals surface area contributed by atoms with E-state index in [4.69, 9.17) is 14.0 Å². The third-order valence-corrected chi connectivity index (χ3v) is 2.29. The minimum atomic E-state index is -0.779. The van der Waals surface area contributed by atoms with Crippen molar-refractivity contribution in [3.05, 3.63) is 41.5 Å². The molecule has 0 N–H and O–H groups in total. The minimum Gasteiger partial charge on any atom is -0.481 e. The molecule has 0 aliphatic rings. The second kappa shape index (κ2) is 6.24. The van der Waals surface area contributed by atoms with Crippen molar-refractivity contribution >= 4 is 0 Å². The van der Waals surface area contributed by atoms with Crippen LogP contribution in [0.25, 0.3) is 0 Å². The third kappa shape index (κ3) is 3.72. The van der Waals surface area contributed by atoms with Crippen molar-refractivity contribution in [3.63, 3.8) is 0 Å². The van der Waals surface area contributed by atoms with Crippen molar-refractivity contribution < 1.29 is 22.8 Å². The van der Waals surface area contributed by atoms with E-state index in [9.17, 15) is 8.78 Å². The van der Waals surface area contributed by atoms with Gasteiger partial charge >= 0.3 is 0 Å². The molecule has 19 heavy (non-hydrogen) atoms. The SMILES string of the molecule is COCCc1noc(COc2ccc(F)cc2F)n1. The number of hydrogen-bond donors (Lipinski definition) is 0. The number of benzene rings is 1. The van der Waals surface area contributed by atoms with Crippen LogP contribution < -0.4 is 4.74 Å².